The highest BCUT2D eigenvalue weighted by molar-refractivity contribution is 5.93. The van der Waals surface area contributed by atoms with E-state index in [1.165, 1.54) is 31.8 Å². The van der Waals surface area contributed by atoms with E-state index in [0.717, 1.165) is 39.0 Å². The number of hydrogen-bond acceptors (Lipinski definition) is 4. The molecule has 0 bridgehead atoms. The number of nitrogens with zero attached hydrogens (tertiary/aromatic N) is 3. The van der Waals surface area contributed by atoms with Crippen molar-refractivity contribution in [3.8, 4) is 0 Å². The number of furan rings is 1. The second-order valence-electron chi connectivity index (χ2n) is 6.73. The molecule has 6 nitrogen and oxygen atoms in total. The van der Waals surface area contributed by atoms with E-state index in [9.17, 15) is 9.59 Å². The Morgan fingerprint density at radius 3 is 2.17 bits per heavy atom. The molecule has 2 aliphatic heterocycles. The van der Waals surface area contributed by atoms with Crippen molar-refractivity contribution in [3.05, 3.63) is 24.2 Å². The third-order valence-electron chi connectivity index (χ3n) is 5.00. The molecule has 0 atom stereocenters. The minimum atomic E-state index is 0.0125. The molecule has 0 aliphatic carbocycles. The summed E-state index contributed by atoms with van der Waals surface area (Å²) in [5.41, 5.74) is 0.597. The van der Waals surface area contributed by atoms with Gasteiger partial charge in [0, 0.05) is 39.3 Å². The summed E-state index contributed by atoms with van der Waals surface area (Å²) in [5.74, 6) is 0.255. The van der Waals surface area contributed by atoms with Crippen LogP contribution in [0.15, 0.2) is 23.0 Å². The van der Waals surface area contributed by atoms with E-state index < -0.39 is 0 Å². The summed E-state index contributed by atoms with van der Waals surface area (Å²) in [5, 5.41) is 0. The summed E-state index contributed by atoms with van der Waals surface area (Å²) in [6.07, 6.45) is 9.02. The van der Waals surface area contributed by atoms with Crippen molar-refractivity contribution < 1.29 is 14.0 Å². The van der Waals surface area contributed by atoms with Gasteiger partial charge in [-0.1, -0.05) is 19.3 Å². The molecule has 2 aliphatic rings. The molecule has 132 valence electrons. The third kappa shape index (κ3) is 4.38. The average Bonchev–Trinajstić information content (AvgIpc) is 3.09. The molecule has 6 heteroatoms. The first-order chi connectivity index (χ1) is 11.7. The highest BCUT2D eigenvalue weighted by Gasteiger charge is 2.25. The highest BCUT2D eigenvalue weighted by Crippen LogP contribution is 2.12. The van der Waals surface area contributed by atoms with Gasteiger partial charge in [-0.05, 0) is 18.9 Å². The Hall–Kier alpha value is -1.82. The summed E-state index contributed by atoms with van der Waals surface area (Å²) in [4.78, 5) is 30.8. The Morgan fingerprint density at radius 2 is 1.54 bits per heavy atom. The number of carbonyl (C=O) groups excluding carboxylic acids is 2. The normalized spacial score (nSPS) is 20.5. The smallest absolute Gasteiger partial charge is 0.257 e. The quantitative estimate of drug-likeness (QED) is 0.847. The second-order valence-corrected chi connectivity index (χ2v) is 6.73. The van der Waals surface area contributed by atoms with Gasteiger partial charge in [0.05, 0.1) is 18.4 Å². The third-order valence-corrected chi connectivity index (χ3v) is 5.00. The Kier molecular flexibility index (Phi) is 5.91. The van der Waals surface area contributed by atoms with Crippen LogP contribution in [0.3, 0.4) is 0 Å². The average molecular weight is 333 g/mol. The van der Waals surface area contributed by atoms with Crippen LogP contribution in [0.2, 0.25) is 0 Å². The van der Waals surface area contributed by atoms with Gasteiger partial charge in [0.15, 0.2) is 0 Å². The van der Waals surface area contributed by atoms with Crippen LogP contribution in [0.25, 0.3) is 0 Å². The van der Waals surface area contributed by atoms with E-state index in [0.29, 0.717) is 25.2 Å². The molecule has 24 heavy (non-hydrogen) atoms. The molecule has 1 aromatic heterocycles. The largest absolute Gasteiger partial charge is 0.472 e. The first-order valence-electron chi connectivity index (χ1n) is 9.05. The Morgan fingerprint density at radius 1 is 0.875 bits per heavy atom. The maximum atomic E-state index is 12.5. The van der Waals surface area contributed by atoms with Crippen LogP contribution in [-0.2, 0) is 4.79 Å². The summed E-state index contributed by atoms with van der Waals surface area (Å²) >= 11 is 0. The second kappa shape index (κ2) is 8.33. The fourth-order valence-corrected chi connectivity index (χ4v) is 3.47. The van der Waals surface area contributed by atoms with Crippen molar-refractivity contribution in [1.82, 2.24) is 14.7 Å². The number of amides is 2. The van der Waals surface area contributed by atoms with Crippen molar-refractivity contribution in [1.29, 1.82) is 0 Å². The highest BCUT2D eigenvalue weighted by atomic mass is 16.3. The molecular weight excluding hydrogens is 306 g/mol. The number of likely N-dealkylation sites (tertiary alicyclic amines) is 1. The fraction of sp³-hybridized carbons (Fsp3) is 0.667. The maximum Gasteiger partial charge on any atom is 0.257 e. The molecule has 0 aromatic carbocycles. The van der Waals surface area contributed by atoms with Gasteiger partial charge >= 0.3 is 0 Å². The molecule has 2 saturated heterocycles. The molecule has 0 spiro atoms. The van der Waals surface area contributed by atoms with Gasteiger partial charge in [-0.3, -0.25) is 14.5 Å². The van der Waals surface area contributed by atoms with Crippen molar-refractivity contribution in [2.24, 2.45) is 0 Å². The maximum absolute atomic E-state index is 12.5. The zero-order valence-corrected chi connectivity index (χ0v) is 14.3. The topological polar surface area (TPSA) is 57.0 Å². The van der Waals surface area contributed by atoms with Crippen molar-refractivity contribution in [2.75, 3.05) is 45.8 Å². The number of carbonyl (C=O) groups is 2. The lowest BCUT2D eigenvalue weighted by molar-refractivity contribution is -0.133. The lowest BCUT2D eigenvalue weighted by Gasteiger charge is -2.35. The molecule has 3 heterocycles. The zero-order valence-electron chi connectivity index (χ0n) is 14.3. The predicted octanol–water partition coefficient (Wildman–Crippen LogP) is 1.83. The van der Waals surface area contributed by atoms with E-state index in [1.807, 2.05) is 9.80 Å². The van der Waals surface area contributed by atoms with Crippen LogP contribution < -0.4 is 0 Å². The summed E-state index contributed by atoms with van der Waals surface area (Å²) in [7, 11) is 0. The standard InChI is InChI=1S/C18H27N3O3/c22-17(20-7-4-2-1-3-5-8-20)14-19-9-11-21(12-10-19)18(23)16-6-13-24-15-16/h6,13,15H,1-5,7-12,14H2. The van der Waals surface area contributed by atoms with Gasteiger partial charge in [-0.15, -0.1) is 0 Å². The van der Waals surface area contributed by atoms with E-state index >= 15 is 0 Å². The monoisotopic (exact) mass is 333 g/mol. The molecule has 1 aromatic rings. The molecular formula is C18H27N3O3. The molecule has 0 saturated carbocycles. The first-order valence-corrected chi connectivity index (χ1v) is 9.05. The SMILES string of the molecule is O=C(CN1CCN(C(=O)c2ccoc2)CC1)N1CCCCCCC1. The lowest BCUT2D eigenvalue weighted by atomic mass is 10.1. The summed E-state index contributed by atoms with van der Waals surface area (Å²) in [6, 6.07) is 1.69. The van der Waals surface area contributed by atoms with Crippen LogP contribution in [0, 0.1) is 0 Å². The lowest BCUT2D eigenvalue weighted by Crippen LogP contribution is -2.51. The van der Waals surface area contributed by atoms with Crippen molar-refractivity contribution in [3.63, 3.8) is 0 Å². The van der Waals surface area contributed by atoms with Gasteiger partial charge < -0.3 is 14.2 Å². The molecule has 0 unspecified atom stereocenters. The van der Waals surface area contributed by atoms with E-state index in [2.05, 4.69) is 4.90 Å². The molecule has 3 rings (SSSR count). The number of hydrogen-bond donors (Lipinski definition) is 0. The van der Waals surface area contributed by atoms with Crippen LogP contribution in [0.5, 0.6) is 0 Å². The molecule has 0 N–H and O–H groups in total. The van der Waals surface area contributed by atoms with Crippen LogP contribution in [0.4, 0.5) is 0 Å². The van der Waals surface area contributed by atoms with Gasteiger partial charge in [0.1, 0.15) is 6.26 Å². The zero-order chi connectivity index (χ0) is 16.8. The van der Waals surface area contributed by atoms with Crippen LogP contribution >= 0.6 is 0 Å². The summed E-state index contributed by atoms with van der Waals surface area (Å²) in [6.45, 7) is 5.12. The van der Waals surface area contributed by atoms with Crippen LogP contribution in [0.1, 0.15) is 42.5 Å². The minimum Gasteiger partial charge on any atom is -0.472 e. The summed E-state index contributed by atoms with van der Waals surface area (Å²) < 4.78 is 4.98. The van der Waals surface area contributed by atoms with Crippen molar-refractivity contribution >= 4 is 11.8 Å². The Bertz CT molecular complexity index is 528. The Balaban J connectivity index is 1.44. The molecule has 2 amide bonds. The Labute approximate surface area is 143 Å². The van der Waals surface area contributed by atoms with E-state index in [4.69, 9.17) is 4.42 Å². The minimum absolute atomic E-state index is 0.0125. The van der Waals surface area contributed by atoms with Crippen LogP contribution in [-0.4, -0.2) is 72.3 Å². The number of rotatable bonds is 3. The van der Waals surface area contributed by atoms with Gasteiger partial charge in [-0.2, -0.15) is 0 Å². The fourth-order valence-electron chi connectivity index (χ4n) is 3.47. The van der Waals surface area contributed by atoms with E-state index in [-0.39, 0.29) is 11.8 Å². The van der Waals surface area contributed by atoms with E-state index in [1.54, 1.807) is 6.07 Å². The molecule has 0 radical (unpaired) electrons. The van der Waals surface area contributed by atoms with Gasteiger partial charge in [-0.25, -0.2) is 0 Å². The van der Waals surface area contributed by atoms with Gasteiger partial charge in [0.25, 0.3) is 5.91 Å². The number of piperazine rings is 1. The predicted molar refractivity (Wildman–Crippen MR) is 90.7 cm³/mol. The van der Waals surface area contributed by atoms with Crippen molar-refractivity contribution in [2.45, 2.75) is 32.1 Å². The van der Waals surface area contributed by atoms with Gasteiger partial charge in [0.2, 0.25) is 5.91 Å². The first kappa shape index (κ1) is 17.0. The molecule has 2 fully saturated rings.